The third-order valence-corrected chi connectivity index (χ3v) is 3.88. The molecule has 1 atom stereocenters. The van der Waals surface area contributed by atoms with Crippen LogP contribution in [-0.2, 0) is 10.9 Å². The first-order valence-corrected chi connectivity index (χ1v) is 6.66. The fourth-order valence-corrected chi connectivity index (χ4v) is 2.67. The van der Waals surface area contributed by atoms with Crippen LogP contribution in [0.3, 0.4) is 0 Å². The third-order valence-electron chi connectivity index (χ3n) is 2.85. The van der Waals surface area contributed by atoms with Gasteiger partial charge in [0.05, 0.1) is 19.4 Å². The normalized spacial score (nSPS) is 20.4. The van der Waals surface area contributed by atoms with Crippen molar-refractivity contribution in [1.82, 2.24) is 10.2 Å². The summed E-state index contributed by atoms with van der Waals surface area (Å²) in [4.78, 5) is 1.73. The maximum absolute atomic E-state index is 12.5. The second kappa shape index (κ2) is 5.06. The minimum Gasteiger partial charge on any atom is -0.467 e. The second-order valence-corrected chi connectivity index (χ2v) is 5.16. The van der Waals surface area contributed by atoms with E-state index in [0.717, 1.165) is 0 Å². The van der Waals surface area contributed by atoms with Crippen LogP contribution in [0.2, 0.25) is 0 Å². The summed E-state index contributed by atoms with van der Waals surface area (Å²) in [5, 5.41) is 6.11. The summed E-state index contributed by atoms with van der Waals surface area (Å²) < 4.78 is 48.4. The van der Waals surface area contributed by atoms with E-state index < -0.39 is 11.2 Å². The fourth-order valence-electron chi connectivity index (χ4n) is 1.93. The molecule has 1 fully saturated rings. The molecule has 3 heterocycles. The highest BCUT2D eigenvalue weighted by Gasteiger charge is 2.37. The molecule has 0 N–H and O–H groups in total. The Hall–Kier alpha value is -1.61. The van der Waals surface area contributed by atoms with E-state index in [1.165, 1.54) is 6.26 Å². The minimum absolute atomic E-state index is 0.247. The standard InChI is InChI=1S/C11H10F3N3O2S/c12-11(13,14)9-15-16-10(20-9)17-3-5-19-8(6-17)7-2-1-4-18-7/h1-2,4,8H,3,5-6H2. The summed E-state index contributed by atoms with van der Waals surface area (Å²) in [5.74, 6) is 0.648. The van der Waals surface area contributed by atoms with Gasteiger partial charge in [-0.1, -0.05) is 11.3 Å². The quantitative estimate of drug-likeness (QED) is 0.854. The zero-order valence-electron chi connectivity index (χ0n) is 10.1. The lowest BCUT2D eigenvalue weighted by Gasteiger charge is -2.31. The van der Waals surface area contributed by atoms with Crippen molar-refractivity contribution in [3.63, 3.8) is 0 Å². The Labute approximate surface area is 116 Å². The Balaban J connectivity index is 1.75. The van der Waals surface area contributed by atoms with Gasteiger partial charge in [-0.05, 0) is 12.1 Å². The van der Waals surface area contributed by atoms with Crippen LogP contribution in [0.15, 0.2) is 22.8 Å². The Morgan fingerprint density at radius 1 is 1.35 bits per heavy atom. The van der Waals surface area contributed by atoms with Crippen LogP contribution in [0, 0.1) is 0 Å². The lowest BCUT2D eigenvalue weighted by Crippen LogP contribution is -2.38. The Morgan fingerprint density at radius 3 is 2.85 bits per heavy atom. The molecular formula is C11H10F3N3O2S. The molecule has 0 radical (unpaired) electrons. The Bertz CT molecular complexity index is 570. The molecule has 0 amide bonds. The topological polar surface area (TPSA) is 51.4 Å². The molecule has 0 aromatic carbocycles. The van der Waals surface area contributed by atoms with E-state index in [2.05, 4.69) is 10.2 Å². The number of alkyl halides is 3. The zero-order chi connectivity index (χ0) is 14.2. The minimum atomic E-state index is -4.46. The number of hydrogen-bond acceptors (Lipinski definition) is 6. The monoisotopic (exact) mass is 305 g/mol. The van der Waals surface area contributed by atoms with Crippen molar-refractivity contribution in [3.8, 4) is 0 Å². The lowest BCUT2D eigenvalue weighted by molar-refractivity contribution is -0.138. The summed E-state index contributed by atoms with van der Waals surface area (Å²) in [6.45, 7) is 1.26. The SMILES string of the molecule is FC(F)(F)c1nnc(N2CCOC(c3ccco3)C2)s1. The first kappa shape index (κ1) is 13.4. The highest BCUT2D eigenvalue weighted by atomic mass is 32.1. The van der Waals surface area contributed by atoms with E-state index in [1.54, 1.807) is 17.0 Å². The molecule has 1 saturated heterocycles. The van der Waals surface area contributed by atoms with Crippen molar-refractivity contribution in [2.24, 2.45) is 0 Å². The number of ether oxygens (including phenoxy) is 1. The molecule has 108 valence electrons. The second-order valence-electron chi connectivity index (χ2n) is 4.21. The van der Waals surface area contributed by atoms with Gasteiger partial charge in [0.1, 0.15) is 11.9 Å². The maximum atomic E-state index is 12.5. The van der Waals surface area contributed by atoms with Crippen LogP contribution in [0.5, 0.6) is 0 Å². The Kier molecular flexibility index (Phi) is 3.38. The molecular weight excluding hydrogens is 295 g/mol. The van der Waals surface area contributed by atoms with Gasteiger partial charge in [-0.3, -0.25) is 0 Å². The maximum Gasteiger partial charge on any atom is 0.445 e. The van der Waals surface area contributed by atoms with Gasteiger partial charge in [-0.2, -0.15) is 13.2 Å². The smallest absolute Gasteiger partial charge is 0.445 e. The predicted molar refractivity (Wildman–Crippen MR) is 64.5 cm³/mol. The van der Waals surface area contributed by atoms with E-state index in [9.17, 15) is 13.2 Å². The number of nitrogens with zero attached hydrogens (tertiary/aromatic N) is 3. The molecule has 0 spiro atoms. The molecule has 2 aromatic heterocycles. The van der Waals surface area contributed by atoms with Crippen molar-refractivity contribution >= 4 is 16.5 Å². The van der Waals surface area contributed by atoms with Gasteiger partial charge in [-0.25, -0.2) is 0 Å². The molecule has 3 rings (SSSR count). The van der Waals surface area contributed by atoms with Gasteiger partial charge in [0.2, 0.25) is 10.1 Å². The van der Waals surface area contributed by atoms with Gasteiger partial charge in [0, 0.05) is 6.54 Å². The van der Waals surface area contributed by atoms with Gasteiger partial charge in [-0.15, -0.1) is 10.2 Å². The van der Waals surface area contributed by atoms with Crippen LogP contribution in [-0.4, -0.2) is 29.9 Å². The molecule has 1 aliphatic heterocycles. The molecule has 1 aliphatic rings. The van der Waals surface area contributed by atoms with Crippen molar-refractivity contribution in [2.45, 2.75) is 12.3 Å². The number of halogens is 3. The van der Waals surface area contributed by atoms with Gasteiger partial charge >= 0.3 is 6.18 Å². The van der Waals surface area contributed by atoms with Crippen molar-refractivity contribution in [1.29, 1.82) is 0 Å². The molecule has 1 unspecified atom stereocenters. The highest BCUT2D eigenvalue weighted by Crippen LogP contribution is 2.35. The summed E-state index contributed by atoms with van der Waals surface area (Å²) in [6, 6.07) is 3.51. The molecule has 2 aromatic rings. The number of hydrogen-bond donors (Lipinski definition) is 0. The third kappa shape index (κ3) is 2.63. The van der Waals surface area contributed by atoms with E-state index in [4.69, 9.17) is 9.15 Å². The van der Waals surface area contributed by atoms with Crippen molar-refractivity contribution in [3.05, 3.63) is 29.2 Å². The van der Waals surface area contributed by atoms with Gasteiger partial charge in [0.25, 0.3) is 0 Å². The number of morpholine rings is 1. The highest BCUT2D eigenvalue weighted by molar-refractivity contribution is 7.15. The van der Waals surface area contributed by atoms with Crippen LogP contribution >= 0.6 is 11.3 Å². The molecule has 9 heteroatoms. The van der Waals surface area contributed by atoms with E-state index in [0.29, 0.717) is 36.8 Å². The first-order valence-electron chi connectivity index (χ1n) is 5.84. The zero-order valence-corrected chi connectivity index (χ0v) is 10.9. The number of rotatable bonds is 2. The van der Waals surface area contributed by atoms with Crippen LogP contribution in [0.25, 0.3) is 0 Å². The van der Waals surface area contributed by atoms with E-state index in [1.807, 2.05) is 0 Å². The Morgan fingerprint density at radius 2 is 2.20 bits per heavy atom. The van der Waals surface area contributed by atoms with Crippen LogP contribution in [0.1, 0.15) is 16.9 Å². The van der Waals surface area contributed by atoms with E-state index >= 15 is 0 Å². The lowest BCUT2D eigenvalue weighted by atomic mass is 10.2. The summed E-state index contributed by atoms with van der Waals surface area (Å²) >= 11 is 0.538. The first-order chi connectivity index (χ1) is 9.54. The van der Waals surface area contributed by atoms with Crippen LogP contribution < -0.4 is 4.90 Å². The van der Waals surface area contributed by atoms with Gasteiger partial charge < -0.3 is 14.1 Å². The fraction of sp³-hybridized carbons (Fsp3) is 0.455. The molecule has 0 saturated carbocycles. The summed E-state index contributed by atoms with van der Waals surface area (Å²) in [7, 11) is 0. The van der Waals surface area contributed by atoms with Crippen molar-refractivity contribution in [2.75, 3.05) is 24.6 Å². The molecule has 5 nitrogen and oxygen atoms in total. The summed E-state index contributed by atoms with van der Waals surface area (Å²) in [5.41, 5.74) is 0. The predicted octanol–water partition coefficient (Wildman–Crippen LogP) is 2.73. The molecule has 20 heavy (non-hydrogen) atoms. The number of furan rings is 1. The van der Waals surface area contributed by atoms with Gasteiger partial charge in [0.15, 0.2) is 0 Å². The van der Waals surface area contributed by atoms with Crippen LogP contribution in [0.4, 0.5) is 18.3 Å². The number of aromatic nitrogens is 2. The largest absolute Gasteiger partial charge is 0.467 e. The average Bonchev–Trinajstić information content (AvgIpc) is 3.10. The summed E-state index contributed by atoms with van der Waals surface area (Å²) in [6.07, 6.45) is -3.23. The molecule has 0 bridgehead atoms. The van der Waals surface area contributed by atoms with E-state index in [-0.39, 0.29) is 11.2 Å². The van der Waals surface area contributed by atoms with Crippen molar-refractivity contribution < 1.29 is 22.3 Å². The average molecular weight is 305 g/mol. The number of anilines is 1. The molecule has 0 aliphatic carbocycles.